The van der Waals surface area contributed by atoms with Crippen LogP contribution in [0.4, 0.5) is 4.79 Å². The third-order valence-corrected chi connectivity index (χ3v) is 1.96. The molecule has 0 spiro atoms. The Kier molecular flexibility index (Phi) is 6.83. The van der Waals surface area contributed by atoms with Gasteiger partial charge < -0.3 is 19.9 Å². The number of hydrogen-bond donors (Lipinski definition) is 2. The zero-order chi connectivity index (χ0) is 15.1. The Morgan fingerprint density at radius 3 is 2.05 bits per heavy atom. The number of ether oxygens (including phenoxy) is 1. The SMILES string of the molecule is CC(C)(C)OC(=O)NCCCNC(=O)C[N+](C)(C)C. The van der Waals surface area contributed by atoms with Gasteiger partial charge in [-0.05, 0) is 27.2 Å². The highest BCUT2D eigenvalue weighted by Gasteiger charge is 2.16. The van der Waals surface area contributed by atoms with Crippen LogP contribution in [0.5, 0.6) is 0 Å². The molecule has 0 heterocycles. The van der Waals surface area contributed by atoms with Gasteiger partial charge in [0, 0.05) is 13.1 Å². The predicted molar refractivity (Wildman–Crippen MR) is 74.8 cm³/mol. The highest BCUT2D eigenvalue weighted by molar-refractivity contribution is 5.77. The number of hydrogen-bond acceptors (Lipinski definition) is 3. The summed E-state index contributed by atoms with van der Waals surface area (Å²) in [5.41, 5.74) is -0.483. The number of quaternary nitrogens is 1. The summed E-state index contributed by atoms with van der Waals surface area (Å²) in [4.78, 5) is 22.8. The fourth-order valence-electron chi connectivity index (χ4n) is 1.31. The summed E-state index contributed by atoms with van der Waals surface area (Å²) in [6.45, 7) is 6.93. The normalized spacial score (nSPS) is 11.9. The minimum atomic E-state index is -0.483. The van der Waals surface area contributed by atoms with Gasteiger partial charge >= 0.3 is 6.09 Å². The standard InChI is InChI=1S/C13H27N3O3/c1-13(2,3)19-12(18)15-9-7-8-14-11(17)10-16(4,5)6/h7-10H2,1-6H3,(H-,14,15,17,18)/p+1. The topological polar surface area (TPSA) is 67.4 Å². The van der Waals surface area contributed by atoms with Crippen molar-refractivity contribution in [2.24, 2.45) is 0 Å². The lowest BCUT2D eigenvalue weighted by molar-refractivity contribution is -0.862. The molecule has 6 heteroatoms. The highest BCUT2D eigenvalue weighted by Crippen LogP contribution is 2.06. The van der Waals surface area contributed by atoms with Crippen LogP contribution in [0.15, 0.2) is 0 Å². The summed E-state index contributed by atoms with van der Waals surface area (Å²) in [7, 11) is 5.89. The van der Waals surface area contributed by atoms with Crippen molar-refractivity contribution in [3.8, 4) is 0 Å². The largest absolute Gasteiger partial charge is 0.444 e. The zero-order valence-electron chi connectivity index (χ0n) is 13.0. The van der Waals surface area contributed by atoms with E-state index in [1.165, 1.54) is 0 Å². The van der Waals surface area contributed by atoms with E-state index in [2.05, 4.69) is 10.6 Å². The molecule has 6 nitrogen and oxygen atoms in total. The third-order valence-electron chi connectivity index (χ3n) is 1.96. The first-order valence-corrected chi connectivity index (χ1v) is 6.54. The van der Waals surface area contributed by atoms with Gasteiger partial charge in [-0.15, -0.1) is 0 Å². The van der Waals surface area contributed by atoms with E-state index in [4.69, 9.17) is 4.74 Å². The number of amides is 2. The minimum absolute atomic E-state index is 0.0183. The second-order valence-electron chi connectivity index (χ2n) is 6.58. The fourth-order valence-corrected chi connectivity index (χ4v) is 1.31. The number of carbonyl (C=O) groups excluding carboxylic acids is 2. The van der Waals surface area contributed by atoms with Crippen molar-refractivity contribution in [2.45, 2.75) is 32.8 Å². The molecule has 0 aromatic rings. The quantitative estimate of drug-likeness (QED) is 0.554. The Morgan fingerprint density at radius 1 is 1.05 bits per heavy atom. The van der Waals surface area contributed by atoms with Crippen LogP contribution in [0.25, 0.3) is 0 Å². The molecule has 0 saturated carbocycles. The van der Waals surface area contributed by atoms with Gasteiger partial charge in [-0.1, -0.05) is 0 Å². The molecule has 0 radical (unpaired) electrons. The van der Waals surface area contributed by atoms with Crippen molar-refractivity contribution < 1.29 is 18.8 Å². The molecular formula is C13H28N3O3+. The van der Waals surface area contributed by atoms with E-state index >= 15 is 0 Å². The maximum absolute atomic E-state index is 11.5. The molecule has 2 N–H and O–H groups in total. The summed E-state index contributed by atoms with van der Waals surface area (Å²) >= 11 is 0. The Balaban J connectivity index is 3.61. The van der Waals surface area contributed by atoms with Gasteiger partial charge in [0.15, 0.2) is 6.54 Å². The van der Waals surface area contributed by atoms with Crippen molar-refractivity contribution in [1.29, 1.82) is 0 Å². The van der Waals surface area contributed by atoms with E-state index in [1.807, 2.05) is 41.9 Å². The van der Waals surface area contributed by atoms with E-state index in [9.17, 15) is 9.59 Å². The van der Waals surface area contributed by atoms with E-state index < -0.39 is 11.7 Å². The molecule has 0 unspecified atom stereocenters. The first-order chi connectivity index (χ1) is 8.49. The number of nitrogens with zero attached hydrogens (tertiary/aromatic N) is 1. The second-order valence-corrected chi connectivity index (χ2v) is 6.58. The summed E-state index contributed by atoms with van der Waals surface area (Å²) in [6, 6.07) is 0. The molecule has 0 aliphatic rings. The average molecular weight is 274 g/mol. The van der Waals surface area contributed by atoms with Crippen LogP contribution in [0, 0.1) is 0 Å². The molecule has 0 aliphatic heterocycles. The van der Waals surface area contributed by atoms with Crippen LogP contribution >= 0.6 is 0 Å². The smallest absolute Gasteiger partial charge is 0.407 e. The van der Waals surface area contributed by atoms with E-state index in [0.29, 0.717) is 30.5 Å². The lowest BCUT2D eigenvalue weighted by Gasteiger charge is -2.22. The number of nitrogens with one attached hydrogen (secondary N) is 2. The van der Waals surface area contributed by atoms with Crippen LogP contribution in [0.3, 0.4) is 0 Å². The monoisotopic (exact) mass is 274 g/mol. The maximum Gasteiger partial charge on any atom is 0.407 e. The summed E-state index contributed by atoms with van der Waals surface area (Å²) in [5, 5.41) is 5.46. The van der Waals surface area contributed by atoms with Crippen molar-refractivity contribution in [3.63, 3.8) is 0 Å². The molecule has 0 bridgehead atoms. The molecule has 0 aromatic carbocycles. The molecule has 0 fully saturated rings. The van der Waals surface area contributed by atoms with E-state index in [0.717, 1.165) is 0 Å². The molecule has 0 atom stereocenters. The van der Waals surface area contributed by atoms with Gasteiger partial charge in [-0.2, -0.15) is 0 Å². The molecule has 0 aliphatic carbocycles. The fraction of sp³-hybridized carbons (Fsp3) is 0.846. The zero-order valence-corrected chi connectivity index (χ0v) is 13.0. The van der Waals surface area contributed by atoms with Crippen molar-refractivity contribution in [1.82, 2.24) is 10.6 Å². The summed E-state index contributed by atoms with van der Waals surface area (Å²) in [6.07, 6.45) is 0.257. The van der Waals surface area contributed by atoms with Crippen LogP contribution in [0.2, 0.25) is 0 Å². The number of alkyl carbamates (subject to hydrolysis) is 1. The molecule has 2 amide bonds. The van der Waals surface area contributed by atoms with Gasteiger partial charge in [-0.25, -0.2) is 4.79 Å². The number of rotatable bonds is 6. The predicted octanol–water partition coefficient (Wildman–Crippen LogP) is 0.724. The van der Waals surface area contributed by atoms with Gasteiger partial charge in [0.1, 0.15) is 5.60 Å². The van der Waals surface area contributed by atoms with Gasteiger partial charge in [0.05, 0.1) is 21.1 Å². The number of carbonyl (C=O) groups is 2. The van der Waals surface area contributed by atoms with Crippen molar-refractivity contribution in [2.75, 3.05) is 40.8 Å². The Morgan fingerprint density at radius 2 is 1.58 bits per heavy atom. The molecule has 0 saturated heterocycles. The minimum Gasteiger partial charge on any atom is -0.444 e. The van der Waals surface area contributed by atoms with Crippen LogP contribution in [-0.2, 0) is 9.53 Å². The van der Waals surface area contributed by atoms with Crippen LogP contribution in [-0.4, -0.2) is 62.9 Å². The van der Waals surface area contributed by atoms with Crippen molar-refractivity contribution >= 4 is 12.0 Å². The third kappa shape index (κ3) is 12.9. The van der Waals surface area contributed by atoms with Crippen molar-refractivity contribution in [3.05, 3.63) is 0 Å². The Labute approximate surface area is 116 Å². The van der Waals surface area contributed by atoms with E-state index in [1.54, 1.807) is 0 Å². The van der Waals surface area contributed by atoms with Crippen LogP contribution < -0.4 is 10.6 Å². The summed E-state index contributed by atoms with van der Waals surface area (Å²) in [5.74, 6) is 0.0183. The first-order valence-electron chi connectivity index (χ1n) is 6.54. The number of likely N-dealkylation sites (N-methyl/N-ethyl adjacent to an activating group) is 1. The molecule has 19 heavy (non-hydrogen) atoms. The lowest BCUT2D eigenvalue weighted by atomic mass is 10.2. The second kappa shape index (κ2) is 7.33. The molecule has 112 valence electrons. The average Bonchev–Trinajstić information content (AvgIpc) is 2.10. The molecule has 0 aromatic heterocycles. The van der Waals surface area contributed by atoms with Gasteiger partial charge in [0.25, 0.3) is 5.91 Å². The molecular weight excluding hydrogens is 246 g/mol. The van der Waals surface area contributed by atoms with Gasteiger partial charge in [-0.3, -0.25) is 4.79 Å². The Bertz CT molecular complexity index is 273. The van der Waals surface area contributed by atoms with E-state index in [-0.39, 0.29) is 5.91 Å². The molecule has 0 rings (SSSR count). The highest BCUT2D eigenvalue weighted by atomic mass is 16.6. The van der Waals surface area contributed by atoms with Crippen LogP contribution in [0.1, 0.15) is 27.2 Å². The lowest BCUT2D eigenvalue weighted by Crippen LogP contribution is -2.44. The summed E-state index contributed by atoms with van der Waals surface area (Å²) < 4.78 is 5.69. The Hall–Kier alpha value is -1.30. The first kappa shape index (κ1) is 17.7. The maximum atomic E-state index is 11.5. The van der Waals surface area contributed by atoms with Gasteiger partial charge in [0.2, 0.25) is 0 Å².